The first-order valence-corrected chi connectivity index (χ1v) is 11.3. The van der Waals surface area contributed by atoms with Crippen molar-refractivity contribution in [3.63, 3.8) is 0 Å². The Hall–Kier alpha value is -2.56. The maximum Gasteiger partial charge on any atom is 0.260 e. The van der Waals surface area contributed by atoms with E-state index in [2.05, 4.69) is 8.75 Å². The van der Waals surface area contributed by atoms with Gasteiger partial charge < -0.3 is 9.64 Å². The predicted molar refractivity (Wildman–Crippen MR) is 109 cm³/mol. The number of ether oxygens (including phenoxy) is 1. The van der Waals surface area contributed by atoms with Crippen molar-refractivity contribution >= 4 is 38.7 Å². The topological polar surface area (TPSA) is 92.7 Å². The van der Waals surface area contributed by atoms with Crippen molar-refractivity contribution in [1.82, 2.24) is 18.0 Å². The zero-order chi connectivity index (χ0) is 20.4. The van der Waals surface area contributed by atoms with Gasteiger partial charge in [-0.2, -0.15) is 13.1 Å². The van der Waals surface area contributed by atoms with Gasteiger partial charge in [-0.1, -0.05) is 18.2 Å². The molecule has 0 atom stereocenters. The lowest BCUT2D eigenvalue weighted by atomic mass is 10.2. The Morgan fingerprint density at radius 1 is 1.10 bits per heavy atom. The summed E-state index contributed by atoms with van der Waals surface area (Å²) in [6.07, 6.45) is 0. The largest absolute Gasteiger partial charge is 0.484 e. The predicted octanol–water partition coefficient (Wildman–Crippen LogP) is 1.91. The Kier molecular flexibility index (Phi) is 5.48. The Balaban J connectivity index is 1.38. The van der Waals surface area contributed by atoms with Crippen molar-refractivity contribution in [3.8, 4) is 5.75 Å². The molecule has 0 radical (unpaired) electrons. The zero-order valence-electron chi connectivity index (χ0n) is 15.8. The molecule has 10 heteroatoms. The smallest absolute Gasteiger partial charge is 0.260 e. The van der Waals surface area contributed by atoms with E-state index in [0.29, 0.717) is 29.9 Å². The lowest BCUT2D eigenvalue weighted by Gasteiger charge is -2.34. The van der Waals surface area contributed by atoms with E-state index < -0.39 is 10.0 Å². The second-order valence-corrected chi connectivity index (χ2v) is 9.21. The second-order valence-electron chi connectivity index (χ2n) is 6.78. The number of carbonyl (C=O) groups excluding carboxylic acids is 1. The lowest BCUT2D eigenvalue weighted by molar-refractivity contribution is -0.134. The quantitative estimate of drug-likeness (QED) is 0.612. The summed E-state index contributed by atoms with van der Waals surface area (Å²) in [5.74, 6) is 0.485. The van der Waals surface area contributed by atoms with Crippen LogP contribution in [0.3, 0.4) is 0 Å². The number of hydrogen-bond acceptors (Lipinski definition) is 7. The van der Waals surface area contributed by atoms with Crippen LogP contribution in [0.15, 0.2) is 47.4 Å². The summed E-state index contributed by atoms with van der Waals surface area (Å²) in [5.41, 5.74) is 2.01. The molecule has 1 fully saturated rings. The number of fused-ring (bicyclic) bond motifs is 1. The molecule has 3 aromatic rings. The van der Waals surface area contributed by atoms with Gasteiger partial charge in [-0.25, -0.2) is 8.42 Å². The number of aromatic nitrogens is 2. The fourth-order valence-corrected chi connectivity index (χ4v) is 5.42. The standard InChI is InChI=1S/C19H20N4O4S2/c1-14-4-2-5-15(12-14)27-13-18(24)22-8-10-23(11-9-22)29(25,26)17-7-3-6-16-19(17)21-28-20-16/h2-7,12H,8-11,13H2,1H3. The molecular weight excluding hydrogens is 412 g/mol. The maximum atomic E-state index is 13.1. The summed E-state index contributed by atoms with van der Waals surface area (Å²) in [4.78, 5) is 14.2. The number of amides is 1. The van der Waals surface area contributed by atoms with Crippen molar-refractivity contribution in [2.24, 2.45) is 0 Å². The molecular formula is C19H20N4O4S2. The minimum absolute atomic E-state index is 0.0694. The summed E-state index contributed by atoms with van der Waals surface area (Å²) in [7, 11) is -3.70. The molecule has 1 saturated heterocycles. The number of rotatable bonds is 5. The van der Waals surface area contributed by atoms with Gasteiger partial charge in [0, 0.05) is 26.2 Å². The molecule has 0 bridgehead atoms. The maximum absolute atomic E-state index is 13.1. The first-order chi connectivity index (χ1) is 13.9. The molecule has 1 aromatic heterocycles. The number of hydrogen-bond donors (Lipinski definition) is 0. The van der Waals surface area contributed by atoms with Crippen molar-refractivity contribution in [2.45, 2.75) is 11.8 Å². The van der Waals surface area contributed by atoms with Crippen LogP contribution in [0.25, 0.3) is 11.0 Å². The molecule has 152 valence electrons. The van der Waals surface area contributed by atoms with Crippen LogP contribution in [0.5, 0.6) is 5.75 Å². The summed E-state index contributed by atoms with van der Waals surface area (Å²) in [6.45, 7) is 2.98. The number of carbonyl (C=O) groups is 1. The molecule has 2 aromatic carbocycles. The normalized spacial score (nSPS) is 15.6. The molecule has 8 nitrogen and oxygen atoms in total. The molecule has 29 heavy (non-hydrogen) atoms. The summed E-state index contributed by atoms with van der Waals surface area (Å²) in [6, 6.07) is 12.5. The van der Waals surface area contributed by atoms with Gasteiger partial charge in [-0.15, -0.1) is 0 Å². The Morgan fingerprint density at radius 3 is 2.62 bits per heavy atom. The van der Waals surface area contributed by atoms with Crippen molar-refractivity contribution in [2.75, 3.05) is 32.8 Å². The third-order valence-electron chi connectivity index (χ3n) is 4.81. The number of aryl methyl sites for hydroxylation is 1. The molecule has 0 saturated carbocycles. The van der Waals surface area contributed by atoms with E-state index in [0.717, 1.165) is 17.3 Å². The molecule has 1 aliphatic rings. The van der Waals surface area contributed by atoms with Gasteiger partial charge in [-0.05, 0) is 36.8 Å². The molecule has 1 aliphatic heterocycles. The van der Waals surface area contributed by atoms with E-state index in [9.17, 15) is 13.2 Å². The highest BCUT2D eigenvalue weighted by Gasteiger charge is 2.32. The van der Waals surface area contributed by atoms with E-state index >= 15 is 0 Å². The Morgan fingerprint density at radius 2 is 1.86 bits per heavy atom. The summed E-state index contributed by atoms with van der Waals surface area (Å²) in [5, 5.41) is 0. The van der Waals surface area contributed by atoms with Crippen LogP contribution >= 0.6 is 11.7 Å². The van der Waals surface area contributed by atoms with Crippen LogP contribution in [0.1, 0.15) is 5.56 Å². The van der Waals surface area contributed by atoms with Crippen LogP contribution in [0.4, 0.5) is 0 Å². The third kappa shape index (κ3) is 4.09. The first-order valence-electron chi connectivity index (χ1n) is 9.14. The molecule has 0 aliphatic carbocycles. The molecule has 0 N–H and O–H groups in total. The van der Waals surface area contributed by atoms with Crippen LogP contribution < -0.4 is 4.74 Å². The Bertz CT molecular complexity index is 1140. The zero-order valence-corrected chi connectivity index (χ0v) is 17.4. The molecule has 0 spiro atoms. The first kappa shape index (κ1) is 19.7. The number of benzene rings is 2. The second kappa shape index (κ2) is 8.05. The average Bonchev–Trinajstić information content (AvgIpc) is 3.21. The van der Waals surface area contributed by atoms with Gasteiger partial charge in [0.2, 0.25) is 10.0 Å². The third-order valence-corrected chi connectivity index (χ3v) is 7.28. The molecule has 4 rings (SSSR count). The monoisotopic (exact) mass is 432 g/mol. The summed E-state index contributed by atoms with van der Waals surface area (Å²) < 4.78 is 41.3. The van der Waals surface area contributed by atoms with E-state index in [4.69, 9.17) is 4.74 Å². The van der Waals surface area contributed by atoms with Crippen LogP contribution in [-0.2, 0) is 14.8 Å². The summed E-state index contributed by atoms with van der Waals surface area (Å²) >= 11 is 0.989. The number of sulfonamides is 1. The highest BCUT2D eigenvalue weighted by molar-refractivity contribution is 7.89. The van der Waals surface area contributed by atoms with Gasteiger partial charge in [0.05, 0.1) is 11.7 Å². The minimum Gasteiger partial charge on any atom is -0.484 e. The molecule has 1 amide bonds. The van der Waals surface area contributed by atoms with E-state index in [1.165, 1.54) is 4.31 Å². The number of nitrogens with zero attached hydrogens (tertiary/aromatic N) is 4. The highest BCUT2D eigenvalue weighted by atomic mass is 32.2. The van der Waals surface area contributed by atoms with Crippen molar-refractivity contribution < 1.29 is 17.9 Å². The van der Waals surface area contributed by atoms with E-state index in [1.807, 2.05) is 25.1 Å². The molecule has 2 heterocycles. The van der Waals surface area contributed by atoms with E-state index in [-0.39, 0.29) is 30.5 Å². The minimum atomic E-state index is -3.70. The number of piperazine rings is 1. The van der Waals surface area contributed by atoms with E-state index in [1.54, 1.807) is 29.2 Å². The van der Waals surface area contributed by atoms with Crippen molar-refractivity contribution in [1.29, 1.82) is 0 Å². The average molecular weight is 433 g/mol. The lowest BCUT2D eigenvalue weighted by Crippen LogP contribution is -2.51. The van der Waals surface area contributed by atoms with Crippen molar-refractivity contribution in [3.05, 3.63) is 48.0 Å². The highest BCUT2D eigenvalue weighted by Crippen LogP contribution is 2.25. The van der Waals surface area contributed by atoms with Gasteiger partial charge in [0.1, 0.15) is 21.7 Å². The van der Waals surface area contributed by atoms with Crippen LogP contribution in [-0.4, -0.2) is 65.1 Å². The van der Waals surface area contributed by atoms with Gasteiger partial charge in [0.25, 0.3) is 5.91 Å². The SMILES string of the molecule is Cc1cccc(OCC(=O)N2CCN(S(=O)(=O)c3cccc4nsnc34)CC2)c1. The van der Waals surface area contributed by atoms with Gasteiger partial charge >= 0.3 is 0 Å². The van der Waals surface area contributed by atoms with Crippen LogP contribution in [0.2, 0.25) is 0 Å². The van der Waals surface area contributed by atoms with Gasteiger partial charge in [-0.3, -0.25) is 4.79 Å². The molecule has 0 unspecified atom stereocenters. The fraction of sp³-hybridized carbons (Fsp3) is 0.316. The fourth-order valence-electron chi connectivity index (χ4n) is 3.25. The van der Waals surface area contributed by atoms with Gasteiger partial charge in [0.15, 0.2) is 6.61 Å². The Labute approximate surface area is 173 Å². The van der Waals surface area contributed by atoms with Crippen LogP contribution in [0, 0.1) is 6.92 Å².